The zero-order valence-corrected chi connectivity index (χ0v) is 13.1. The Labute approximate surface area is 129 Å². The van der Waals surface area contributed by atoms with Crippen LogP contribution in [0.5, 0.6) is 0 Å². The number of anilines is 1. The van der Waals surface area contributed by atoms with E-state index < -0.39 is 0 Å². The summed E-state index contributed by atoms with van der Waals surface area (Å²) in [6, 6.07) is 2.39. The predicted octanol–water partition coefficient (Wildman–Crippen LogP) is 1.17. The van der Waals surface area contributed by atoms with Crippen molar-refractivity contribution in [2.24, 2.45) is 0 Å². The molecule has 1 aromatic heterocycles. The average molecular weight is 309 g/mol. The Morgan fingerprint density at radius 1 is 1.38 bits per heavy atom. The molecule has 0 saturated carbocycles. The first-order valence-corrected chi connectivity index (χ1v) is 8.64. The zero-order valence-electron chi connectivity index (χ0n) is 12.3. The van der Waals surface area contributed by atoms with Crippen molar-refractivity contribution >= 4 is 22.9 Å². The number of carbonyl (C=O) groups is 1. The summed E-state index contributed by atoms with van der Waals surface area (Å²) >= 11 is 1.65. The minimum atomic E-state index is 0.224. The van der Waals surface area contributed by atoms with Gasteiger partial charge in [0.1, 0.15) is 0 Å². The van der Waals surface area contributed by atoms with Crippen LogP contribution in [-0.2, 0) is 9.53 Å². The molecule has 6 heteroatoms. The van der Waals surface area contributed by atoms with Gasteiger partial charge in [0.15, 0.2) is 0 Å². The van der Waals surface area contributed by atoms with Gasteiger partial charge < -0.3 is 15.0 Å². The van der Waals surface area contributed by atoms with Gasteiger partial charge in [-0.25, -0.2) is 0 Å². The van der Waals surface area contributed by atoms with Crippen molar-refractivity contribution in [1.29, 1.82) is 0 Å². The molecule has 2 aliphatic rings. The number of amides is 1. The maximum absolute atomic E-state index is 12.8. The number of nitrogens with one attached hydrogen (secondary N) is 1. The van der Waals surface area contributed by atoms with E-state index in [9.17, 15) is 4.79 Å². The molecule has 0 aliphatic carbocycles. The number of morpholine rings is 1. The Bertz CT molecular complexity index is 440. The number of carbonyl (C=O) groups excluding carboxylic acids is 1. The van der Waals surface area contributed by atoms with Gasteiger partial charge in [0.25, 0.3) is 0 Å². The minimum absolute atomic E-state index is 0.224. The van der Waals surface area contributed by atoms with Gasteiger partial charge in [0.05, 0.1) is 25.4 Å². The quantitative estimate of drug-likeness (QED) is 0.907. The molecule has 21 heavy (non-hydrogen) atoms. The van der Waals surface area contributed by atoms with E-state index >= 15 is 0 Å². The van der Waals surface area contributed by atoms with Crippen LogP contribution >= 0.6 is 11.3 Å². The second-order valence-electron chi connectivity index (χ2n) is 5.61. The molecule has 0 radical (unpaired) electrons. The number of hydrogen-bond acceptors (Lipinski definition) is 5. The molecule has 0 unspecified atom stereocenters. The first-order valence-electron chi connectivity index (χ1n) is 7.69. The summed E-state index contributed by atoms with van der Waals surface area (Å²) in [5.41, 5.74) is 1.06. The molecular formula is C15H23N3O2S. The topological polar surface area (TPSA) is 44.8 Å². The van der Waals surface area contributed by atoms with Crippen molar-refractivity contribution in [1.82, 2.24) is 10.2 Å². The maximum atomic E-state index is 12.8. The third-order valence-electron chi connectivity index (χ3n) is 4.19. The summed E-state index contributed by atoms with van der Waals surface area (Å²) in [7, 11) is 0. The summed E-state index contributed by atoms with van der Waals surface area (Å²) in [5, 5.41) is 7.50. The van der Waals surface area contributed by atoms with Crippen molar-refractivity contribution in [3.63, 3.8) is 0 Å². The smallest absolute Gasteiger partial charge is 0.241 e. The molecule has 3 heterocycles. The van der Waals surface area contributed by atoms with Gasteiger partial charge in [-0.05, 0) is 37.4 Å². The summed E-state index contributed by atoms with van der Waals surface area (Å²) in [6.45, 7) is 5.68. The molecular weight excluding hydrogens is 286 g/mol. The first kappa shape index (κ1) is 15.0. The summed E-state index contributed by atoms with van der Waals surface area (Å²) < 4.78 is 5.36. The lowest BCUT2D eigenvalue weighted by Gasteiger charge is -2.36. The van der Waals surface area contributed by atoms with Crippen LogP contribution in [0.15, 0.2) is 16.8 Å². The first-order chi connectivity index (χ1) is 10.3. The molecule has 1 amide bonds. The monoisotopic (exact) mass is 309 g/mol. The van der Waals surface area contributed by atoms with E-state index in [1.807, 2.05) is 10.3 Å². The molecule has 0 atom stereocenters. The molecule has 116 valence electrons. The Kier molecular flexibility index (Phi) is 5.24. The van der Waals surface area contributed by atoms with E-state index in [0.29, 0.717) is 12.6 Å². The highest BCUT2D eigenvalue weighted by molar-refractivity contribution is 7.08. The molecule has 0 bridgehead atoms. The van der Waals surface area contributed by atoms with Crippen molar-refractivity contribution in [2.75, 3.05) is 50.8 Å². The summed E-state index contributed by atoms with van der Waals surface area (Å²) in [6.07, 6.45) is 2.06. The van der Waals surface area contributed by atoms with Crippen LogP contribution < -0.4 is 10.2 Å². The average Bonchev–Trinajstić information content (AvgIpc) is 3.03. The molecule has 3 rings (SSSR count). The van der Waals surface area contributed by atoms with Gasteiger partial charge in [-0.1, -0.05) is 0 Å². The second-order valence-corrected chi connectivity index (χ2v) is 6.40. The minimum Gasteiger partial charge on any atom is -0.379 e. The standard InChI is InChI=1S/C15H23N3O2S/c19-15(11-17-6-8-20-9-7-17)18(14-3-10-21-12-14)13-1-4-16-5-2-13/h3,10,12-13,16H,1-2,4-9,11H2. The molecule has 2 fully saturated rings. The number of rotatable bonds is 4. The summed E-state index contributed by atoms with van der Waals surface area (Å²) in [5.74, 6) is 0.224. The van der Waals surface area contributed by atoms with Crippen LogP contribution in [0.25, 0.3) is 0 Å². The van der Waals surface area contributed by atoms with Crippen LogP contribution in [0.2, 0.25) is 0 Å². The Morgan fingerprint density at radius 2 is 2.14 bits per heavy atom. The van der Waals surface area contributed by atoms with Gasteiger partial charge in [-0.15, -0.1) is 0 Å². The van der Waals surface area contributed by atoms with Crippen molar-refractivity contribution in [3.05, 3.63) is 16.8 Å². The second kappa shape index (κ2) is 7.35. The number of nitrogens with zero attached hydrogens (tertiary/aromatic N) is 2. The third kappa shape index (κ3) is 3.83. The van der Waals surface area contributed by atoms with Crippen molar-refractivity contribution in [2.45, 2.75) is 18.9 Å². The lowest BCUT2D eigenvalue weighted by atomic mass is 10.0. The lowest BCUT2D eigenvalue weighted by Crippen LogP contribution is -2.51. The van der Waals surface area contributed by atoms with Crippen LogP contribution in [-0.4, -0.2) is 62.8 Å². The maximum Gasteiger partial charge on any atom is 0.241 e. The van der Waals surface area contributed by atoms with E-state index in [1.165, 1.54) is 0 Å². The molecule has 5 nitrogen and oxygen atoms in total. The third-order valence-corrected chi connectivity index (χ3v) is 4.86. The fourth-order valence-corrected chi connectivity index (χ4v) is 3.67. The normalized spacial score (nSPS) is 21.3. The van der Waals surface area contributed by atoms with Crippen molar-refractivity contribution in [3.8, 4) is 0 Å². The van der Waals surface area contributed by atoms with Crippen LogP contribution in [0.3, 0.4) is 0 Å². The highest BCUT2D eigenvalue weighted by Gasteiger charge is 2.28. The fraction of sp³-hybridized carbons (Fsp3) is 0.667. The van der Waals surface area contributed by atoms with Gasteiger partial charge in [0, 0.05) is 24.5 Å². The Balaban J connectivity index is 1.69. The fourth-order valence-electron chi connectivity index (χ4n) is 3.04. The van der Waals surface area contributed by atoms with Crippen LogP contribution in [0.1, 0.15) is 12.8 Å². The predicted molar refractivity (Wildman–Crippen MR) is 85.0 cm³/mol. The SMILES string of the molecule is O=C(CN1CCOCC1)N(c1ccsc1)C1CCNCC1. The molecule has 1 aromatic rings. The van der Waals surface area contributed by atoms with Crippen molar-refractivity contribution < 1.29 is 9.53 Å². The van der Waals surface area contributed by atoms with Crippen LogP contribution in [0, 0.1) is 0 Å². The molecule has 2 aliphatic heterocycles. The Hall–Kier alpha value is -0.950. The number of thiophene rings is 1. The van der Waals surface area contributed by atoms with Gasteiger partial charge in [0.2, 0.25) is 5.91 Å². The Morgan fingerprint density at radius 3 is 2.81 bits per heavy atom. The highest BCUT2D eigenvalue weighted by Crippen LogP contribution is 2.24. The van der Waals surface area contributed by atoms with Crippen LogP contribution in [0.4, 0.5) is 5.69 Å². The van der Waals surface area contributed by atoms with E-state index in [0.717, 1.165) is 57.9 Å². The number of piperidine rings is 1. The van der Waals surface area contributed by atoms with Gasteiger partial charge >= 0.3 is 0 Å². The lowest BCUT2D eigenvalue weighted by molar-refractivity contribution is -0.121. The molecule has 1 N–H and O–H groups in total. The van der Waals surface area contributed by atoms with E-state index in [-0.39, 0.29) is 5.91 Å². The largest absolute Gasteiger partial charge is 0.379 e. The number of hydrogen-bond donors (Lipinski definition) is 1. The van der Waals surface area contributed by atoms with E-state index in [4.69, 9.17) is 4.74 Å². The van der Waals surface area contributed by atoms with E-state index in [2.05, 4.69) is 21.7 Å². The summed E-state index contributed by atoms with van der Waals surface area (Å²) in [4.78, 5) is 17.1. The van der Waals surface area contributed by atoms with E-state index in [1.54, 1.807) is 11.3 Å². The number of ether oxygens (including phenoxy) is 1. The van der Waals surface area contributed by atoms with Gasteiger partial charge in [-0.3, -0.25) is 9.69 Å². The van der Waals surface area contributed by atoms with Gasteiger partial charge in [-0.2, -0.15) is 11.3 Å². The highest BCUT2D eigenvalue weighted by atomic mass is 32.1. The molecule has 2 saturated heterocycles. The molecule has 0 aromatic carbocycles. The molecule has 0 spiro atoms. The zero-order chi connectivity index (χ0) is 14.5.